The number of carbonyl (C=O) groups is 1. The standard InChI is InChI=1S/C13H25NO3/c1-5-13(16)7-6-9-14(10-8-13)11(15)17-12(2,3)4/h16H,5-10H2,1-4H3. The summed E-state index contributed by atoms with van der Waals surface area (Å²) in [5, 5.41) is 10.2. The van der Waals surface area contributed by atoms with E-state index in [9.17, 15) is 9.90 Å². The lowest BCUT2D eigenvalue weighted by Crippen LogP contribution is -2.38. The van der Waals surface area contributed by atoms with E-state index < -0.39 is 11.2 Å². The molecule has 0 aromatic rings. The van der Waals surface area contributed by atoms with Crippen LogP contribution in [-0.4, -0.2) is 40.4 Å². The summed E-state index contributed by atoms with van der Waals surface area (Å²) in [6, 6.07) is 0. The van der Waals surface area contributed by atoms with Crippen molar-refractivity contribution in [1.29, 1.82) is 0 Å². The van der Waals surface area contributed by atoms with Gasteiger partial charge in [-0.2, -0.15) is 0 Å². The maximum Gasteiger partial charge on any atom is 0.410 e. The van der Waals surface area contributed by atoms with Gasteiger partial charge in [0.25, 0.3) is 0 Å². The number of hydrogen-bond donors (Lipinski definition) is 1. The van der Waals surface area contributed by atoms with Crippen LogP contribution in [0.15, 0.2) is 0 Å². The summed E-state index contributed by atoms with van der Waals surface area (Å²) in [5.41, 5.74) is -1.05. The third kappa shape index (κ3) is 4.54. The number of nitrogens with zero attached hydrogens (tertiary/aromatic N) is 1. The number of rotatable bonds is 1. The van der Waals surface area contributed by atoms with E-state index in [-0.39, 0.29) is 6.09 Å². The molecule has 1 atom stereocenters. The van der Waals surface area contributed by atoms with E-state index in [4.69, 9.17) is 4.74 Å². The highest BCUT2D eigenvalue weighted by molar-refractivity contribution is 5.68. The van der Waals surface area contributed by atoms with Crippen molar-refractivity contribution in [3.63, 3.8) is 0 Å². The molecule has 1 amide bonds. The maximum atomic E-state index is 11.9. The summed E-state index contributed by atoms with van der Waals surface area (Å²) < 4.78 is 5.34. The minimum Gasteiger partial charge on any atom is -0.444 e. The zero-order chi connectivity index (χ0) is 13.1. The van der Waals surface area contributed by atoms with Crippen molar-refractivity contribution >= 4 is 6.09 Å². The molecule has 1 rings (SSSR count). The fourth-order valence-corrected chi connectivity index (χ4v) is 2.04. The lowest BCUT2D eigenvalue weighted by molar-refractivity contribution is 0.0133. The van der Waals surface area contributed by atoms with Gasteiger partial charge in [-0.05, 0) is 46.5 Å². The Morgan fingerprint density at radius 1 is 1.35 bits per heavy atom. The minimum absolute atomic E-state index is 0.266. The second-order valence-corrected chi connectivity index (χ2v) is 5.90. The number of ether oxygens (including phenoxy) is 1. The van der Waals surface area contributed by atoms with Crippen molar-refractivity contribution in [3.8, 4) is 0 Å². The molecule has 0 aromatic heterocycles. The van der Waals surface area contributed by atoms with Gasteiger partial charge in [0, 0.05) is 13.1 Å². The molecule has 0 aromatic carbocycles. The van der Waals surface area contributed by atoms with Crippen molar-refractivity contribution in [2.24, 2.45) is 0 Å². The van der Waals surface area contributed by atoms with Gasteiger partial charge in [0.05, 0.1) is 5.60 Å². The van der Waals surface area contributed by atoms with Crippen molar-refractivity contribution in [3.05, 3.63) is 0 Å². The van der Waals surface area contributed by atoms with Crippen LogP contribution in [-0.2, 0) is 4.74 Å². The quantitative estimate of drug-likeness (QED) is 0.770. The Morgan fingerprint density at radius 2 is 2.00 bits per heavy atom. The fourth-order valence-electron chi connectivity index (χ4n) is 2.04. The molecule has 0 bridgehead atoms. The Hall–Kier alpha value is -0.770. The zero-order valence-electron chi connectivity index (χ0n) is 11.5. The van der Waals surface area contributed by atoms with Gasteiger partial charge in [-0.1, -0.05) is 6.92 Å². The lowest BCUT2D eigenvalue weighted by atomic mass is 9.92. The van der Waals surface area contributed by atoms with Crippen LogP contribution in [0.5, 0.6) is 0 Å². The van der Waals surface area contributed by atoms with Gasteiger partial charge in [-0.15, -0.1) is 0 Å². The maximum absolute atomic E-state index is 11.9. The molecule has 1 fully saturated rings. The average Bonchev–Trinajstić information content (AvgIpc) is 2.39. The monoisotopic (exact) mass is 243 g/mol. The molecule has 1 aliphatic rings. The van der Waals surface area contributed by atoms with E-state index in [1.54, 1.807) is 4.90 Å². The summed E-state index contributed by atoms with van der Waals surface area (Å²) in [4.78, 5) is 13.6. The van der Waals surface area contributed by atoms with E-state index in [2.05, 4.69) is 0 Å². The zero-order valence-corrected chi connectivity index (χ0v) is 11.5. The van der Waals surface area contributed by atoms with E-state index in [1.165, 1.54) is 0 Å². The van der Waals surface area contributed by atoms with Gasteiger partial charge >= 0.3 is 6.09 Å². The predicted octanol–water partition coefficient (Wildman–Crippen LogP) is 2.55. The fraction of sp³-hybridized carbons (Fsp3) is 0.923. The number of likely N-dealkylation sites (tertiary alicyclic amines) is 1. The second kappa shape index (κ2) is 5.25. The molecule has 17 heavy (non-hydrogen) atoms. The lowest BCUT2D eigenvalue weighted by Gasteiger charge is -2.27. The van der Waals surface area contributed by atoms with Crippen molar-refractivity contribution in [1.82, 2.24) is 4.90 Å². The third-order valence-corrected chi connectivity index (χ3v) is 3.23. The summed E-state index contributed by atoms with van der Waals surface area (Å²) >= 11 is 0. The van der Waals surface area contributed by atoms with Crippen molar-refractivity contribution in [2.75, 3.05) is 13.1 Å². The average molecular weight is 243 g/mol. The van der Waals surface area contributed by atoms with Crippen LogP contribution in [0.25, 0.3) is 0 Å². The third-order valence-electron chi connectivity index (χ3n) is 3.23. The summed E-state index contributed by atoms with van der Waals surface area (Å²) in [6.07, 6.45) is 2.72. The topological polar surface area (TPSA) is 49.8 Å². The van der Waals surface area contributed by atoms with Gasteiger partial charge in [-0.3, -0.25) is 0 Å². The molecule has 0 radical (unpaired) electrons. The molecule has 1 aliphatic heterocycles. The highest BCUT2D eigenvalue weighted by atomic mass is 16.6. The minimum atomic E-state index is -0.600. The summed E-state index contributed by atoms with van der Waals surface area (Å²) in [5.74, 6) is 0. The number of amides is 1. The van der Waals surface area contributed by atoms with Gasteiger partial charge in [0.15, 0.2) is 0 Å². The van der Waals surface area contributed by atoms with Crippen molar-refractivity contribution < 1.29 is 14.6 Å². The Labute approximate surface area is 104 Å². The van der Waals surface area contributed by atoms with Crippen LogP contribution in [0.1, 0.15) is 53.4 Å². The molecule has 1 heterocycles. The van der Waals surface area contributed by atoms with Crippen LogP contribution in [0, 0.1) is 0 Å². The van der Waals surface area contributed by atoms with Gasteiger partial charge < -0.3 is 14.7 Å². The van der Waals surface area contributed by atoms with Crippen LogP contribution >= 0.6 is 0 Å². The number of hydrogen-bond acceptors (Lipinski definition) is 3. The van der Waals surface area contributed by atoms with Crippen LogP contribution in [0.4, 0.5) is 4.79 Å². The normalized spacial score (nSPS) is 26.5. The molecule has 4 heteroatoms. The number of carbonyl (C=O) groups excluding carboxylic acids is 1. The predicted molar refractivity (Wildman–Crippen MR) is 66.9 cm³/mol. The highest BCUT2D eigenvalue weighted by Crippen LogP contribution is 2.26. The SMILES string of the molecule is CCC1(O)CCCN(C(=O)OC(C)(C)C)CC1. The van der Waals surface area contributed by atoms with E-state index in [1.807, 2.05) is 27.7 Å². The van der Waals surface area contributed by atoms with E-state index in [0.29, 0.717) is 19.5 Å². The van der Waals surface area contributed by atoms with E-state index in [0.717, 1.165) is 19.3 Å². The summed E-state index contributed by atoms with van der Waals surface area (Å²) in [7, 11) is 0. The molecule has 0 spiro atoms. The van der Waals surface area contributed by atoms with Crippen LogP contribution < -0.4 is 0 Å². The first-order chi connectivity index (χ1) is 7.76. The molecule has 0 saturated carbocycles. The van der Waals surface area contributed by atoms with Gasteiger partial charge in [0.1, 0.15) is 5.60 Å². The van der Waals surface area contributed by atoms with Crippen molar-refractivity contribution in [2.45, 2.75) is 64.6 Å². The van der Waals surface area contributed by atoms with Gasteiger partial charge in [-0.25, -0.2) is 4.79 Å². The molecule has 1 saturated heterocycles. The summed E-state index contributed by atoms with van der Waals surface area (Å²) in [6.45, 7) is 8.85. The number of aliphatic hydroxyl groups is 1. The molecule has 1 unspecified atom stereocenters. The Bertz CT molecular complexity index is 272. The first kappa shape index (κ1) is 14.3. The molecule has 1 N–H and O–H groups in total. The molecular formula is C13H25NO3. The second-order valence-electron chi connectivity index (χ2n) is 5.90. The van der Waals surface area contributed by atoms with Crippen LogP contribution in [0.2, 0.25) is 0 Å². The molecule has 0 aliphatic carbocycles. The molecule has 4 nitrogen and oxygen atoms in total. The molecule has 100 valence electrons. The Morgan fingerprint density at radius 3 is 2.53 bits per heavy atom. The van der Waals surface area contributed by atoms with Crippen LogP contribution in [0.3, 0.4) is 0 Å². The van der Waals surface area contributed by atoms with E-state index >= 15 is 0 Å². The largest absolute Gasteiger partial charge is 0.444 e. The first-order valence-electron chi connectivity index (χ1n) is 6.46. The van der Waals surface area contributed by atoms with Gasteiger partial charge in [0.2, 0.25) is 0 Å². The smallest absolute Gasteiger partial charge is 0.410 e. The first-order valence-corrected chi connectivity index (χ1v) is 6.46. The highest BCUT2D eigenvalue weighted by Gasteiger charge is 2.31. The molecular weight excluding hydrogens is 218 g/mol. The Kier molecular flexibility index (Phi) is 4.42. The Balaban J connectivity index is 2.54.